The largest absolute Gasteiger partial charge is 0.481 e. The maximum absolute atomic E-state index is 12.0. The molecule has 4 nitrogen and oxygen atoms in total. The molecule has 0 radical (unpaired) electrons. The molecule has 1 amide bonds. The number of hydrogen-bond acceptors (Lipinski definition) is 3. The van der Waals surface area contributed by atoms with Crippen LogP contribution in [0.25, 0.3) is 0 Å². The lowest BCUT2D eigenvalue weighted by Crippen LogP contribution is -2.51. The molecule has 0 bridgehead atoms. The fourth-order valence-corrected chi connectivity index (χ4v) is 3.11. The van der Waals surface area contributed by atoms with E-state index in [1.54, 1.807) is 11.8 Å². The van der Waals surface area contributed by atoms with Crippen molar-refractivity contribution in [3.63, 3.8) is 0 Å². The second-order valence-corrected chi connectivity index (χ2v) is 8.16. The second kappa shape index (κ2) is 6.64. The van der Waals surface area contributed by atoms with Crippen LogP contribution >= 0.6 is 11.8 Å². The molecule has 19 heavy (non-hydrogen) atoms. The Morgan fingerprint density at radius 2 is 1.79 bits per heavy atom. The summed E-state index contributed by atoms with van der Waals surface area (Å²) >= 11 is 1.59. The van der Waals surface area contributed by atoms with Crippen LogP contribution in [-0.2, 0) is 9.59 Å². The Kier molecular flexibility index (Phi) is 5.71. The molecule has 1 saturated carbocycles. The van der Waals surface area contributed by atoms with Crippen molar-refractivity contribution in [2.24, 2.45) is 0 Å². The molecule has 0 atom stereocenters. The van der Waals surface area contributed by atoms with Gasteiger partial charge in [0.05, 0.1) is 17.7 Å². The zero-order valence-corrected chi connectivity index (χ0v) is 12.9. The standard InChI is InChI=1S/C14H25NO3S/c1-13(2,3)19-10-11(16)15-14(9-12(17)18)7-5-4-6-8-14/h4-10H2,1-3H3,(H,15,16)(H,17,18). The molecule has 0 aromatic heterocycles. The van der Waals surface area contributed by atoms with Gasteiger partial charge in [0, 0.05) is 4.75 Å². The van der Waals surface area contributed by atoms with Crippen molar-refractivity contribution in [3.8, 4) is 0 Å². The fourth-order valence-electron chi connectivity index (χ4n) is 2.48. The van der Waals surface area contributed by atoms with E-state index < -0.39 is 11.5 Å². The van der Waals surface area contributed by atoms with Crippen LogP contribution in [0.15, 0.2) is 0 Å². The highest BCUT2D eigenvalue weighted by Crippen LogP contribution is 2.31. The van der Waals surface area contributed by atoms with Crippen LogP contribution in [0.3, 0.4) is 0 Å². The molecule has 0 heterocycles. The van der Waals surface area contributed by atoms with Crippen molar-refractivity contribution in [3.05, 3.63) is 0 Å². The second-order valence-electron chi connectivity index (χ2n) is 6.36. The van der Waals surface area contributed by atoms with Crippen LogP contribution < -0.4 is 5.32 Å². The van der Waals surface area contributed by atoms with Crippen LogP contribution in [0, 0.1) is 0 Å². The molecule has 0 aliphatic heterocycles. The number of aliphatic carboxylic acids is 1. The van der Waals surface area contributed by atoms with E-state index >= 15 is 0 Å². The molecule has 0 spiro atoms. The Balaban J connectivity index is 2.57. The molecule has 110 valence electrons. The van der Waals surface area contributed by atoms with Crippen LogP contribution in [0.5, 0.6) is 0 Å². The van der Waals surface area contributed by atoms with Gasteiger partial charge in [0.25, 0.3) is 0 Å². The summed E-state index contributed by atoms with van der Waals surface area (Å²) in [7, 11) is 0. The SMILES string of the molecule is CC(C)(C)SCC(=O)NC1(CC(=O)O)CCCCC1. The predicted molar refractivity (Wildman–Crippen MR) is 78.4 cm³/mol. The Bertz CT molecular complexity index is 330. The first-order valence-electron chi connectivity index (χ1n) is 6.89. The summed E-state index contributed by atoms with van der Waals surface area (Å²) in [4.78, 5) is 23.0. The van der Waals surface area contributed by atoms with Crippen molar-refractivity contribution in [2.45, 2.75) is 69.6 Å². The summed E-state index contributed by atoms with van der Waals surface area (Å²) in [6.45, 7) is 6.20. The number of carbonyl (C=O) groups excluding carboxylic acids is 1. The molecular weight excluding hydrogens is 262 g/mol. The number of carbonyl (C=O) groups is 2. The normalized spacial score (nSPS) is 18.9. The lowest BCUT2D eigenvalue weighted by atomic mass is 9.79. The molecule has 2 N–H and O–H groups in total. The monoisotopic (exact) mass is 287 g/mol. The van der Waals surface area contributed by atoms with Crippen molar-refractivity contribution in [1.29, 1.82) is 0 Å². The van der Waals surface area contributed by atoms with E-state index in [2.05, 4.69) is 26.1 Å². The third kappa shape index (κ3) is 6.32. The fraction of sp³-hybridized carbons (Fsp3) is 0.857. The molecule has 1 rings (SSSR count). The molecular formula is C14H25NO3S. The maximum Gasteiger partial charge on any atom is 0.305 e. The van der Waals surface area contributed by atoms with Gasteiger partial charge in [-0.15, -0.1) is 11.8 Å². The first-order valence-corrected chi connectivity index (χ1v) is 7.88. The average Bonchev–Trinajstić information content (AvgIpc) is 2.25. The molecule has 0 unspecified atom stereocenters. The highest BCUT2D eigenvalue weighted by atomic mass is 32.2. The minimum Gasteiger partial charge on any atom is -0.481 e. The molecule has 1 fully saturated rings. The summed E-state index contributed by atoms with van der Waals surface area (Å²) in [5, 5.41) is 12.0. The topological polar surface area (TPSA) is 66.4 Å². The summed E-state index contributed by atoms with van der Waals surface area (Å²) in [5.74, 6) is -0.473. The summed E-state index contributed by atoms with van der Waals surface area (Å²) in [6, 6.07) is 0. The van der Waals surface area contributed by atoms with Gasteiger partial charge in [-0.25, -0.2) is 0 Å². The number of thioether (sulfide) groups is 1. The first kappa shape index (κ1) is 16.3. The molecule has 0 aromatic rings. The number of rotatable bonds is 5. The van der Waals surface area contributed by atoms with Gasteiger partial charge in [0.1, 0.15) is 0 Å². The van der Waals surface area contributed by atoms with E-state index in [4.69, 9.17) is 5.11 Å². The molecule has 5 heteroatoms. The predicted octanol–water partition coefficient (Wildman–Crippen LogP) is 2.81. The Morgan fingerprint density at radius 1 is 1.21 bits per heavy atom. The van der Waals surface area contributed by atoms with Gasteiger partial charge >= 0.3 is 5.97 Å². The van der Waals surface area contributed by atoms with Crippen LogP contribution in [0.1, 0.15) is 59.3 Å². The van der Waals surface area contributed by atoms with Crippen LogP contribution in [0.2, 0.25) is 0 Å². The third-order valence-corrected chi connectivity index (χ3v) is 4.61. The zero-order valence-electron chi connectivity index (χ0n) is 12.1. The van der Waals surface area contributed by atoms with Gasteiger partial charge in [-0.2, -0.15) is 0 Å². The Hall–Kier alpha value is -0.710. The summed E-state index contributed by atoms with van der Waals surface area (Å²) < 4.78 is 0.0455. The zero-order chi connectivity index (χ0) is 14.5. The van der Waals surface area contributed by atoms with Gasteiger partial charge in [-0.3, -0.25) is 9.59 Å². The molecule has 1 aliphatic rings. The van der Waals surface area contributed by atoms with E-state index in [1.807, 2.05) is 0 Å². The minimum atomic E-state index is -0.828. The summed E-state index contributed by atoms with van der Waals surface area (Å²) in [5.41, 5.74) is -0.514. The van der Waals surface area contributed by atoms with E-state index in [0.29, 0.717) is 5.75 Å². The van der Waals surface area contributed by atoms with E-state index in [9.17, 15) is 9.59 Å². The highest BCUT2D eigenvalue weighted by molar-refractivity contribution is 8.01. The lowest BCUT2D eigenvalue weighted by molar-refractivity contribution is -0.139. The highest BCUT2D eigenvalue weighted by Gasteiger charge is 2.35. The number of hydrogen-bond donors (Lipinski definition) is 2. The third-order valence-electron chi connectivity index (χ3n) is 3.34. The van der Waals surface area contributed by atoms with Crippen LogP contribution in [-0.4, -0.2) is 33.0 Å². The van der Waals surface area contributed by atoms with Gasteiger partial charge < -0.3 is 10.4 Å². The van der Waals surface area contributed by atoms with Gasteiger partial charge in [0.15, 0.2) is 0 Å². The Labute approximate surface area is 119 Å². The minimum absolute atomic E-state index is 0.0388. The lowest BCUT2D eigenvalue weighted by Gasteiger charge is -2.37. The van der Waals surface area contributed by atoms with E-state index in [0.717, 1.165) is 32.1 Å². The number of carboxylic acid groups (broad SMARTS) is 1. The van der Waals surface area contributed by atoms with Crippen LogP contribution in [0.4, 0.5) is 0 Å². The maximum atomic E-state index is 12.0. The summed E-state index contributed by atoms with van der Waals surface area (Å²) in [6.07, 6.45) is 4.74. The first-order chi connectivity index (χ1) is 8.72. The smallest absolute Gasteiger partial charge is 0.305 e. The number of nitrogens with one attached hydrogen (secondary N) is 1. The molecule has 1 aliphatic carbocycles. The average molecular weight is 287 g/mol. The van der Waals surface area contributed by atoms with Gasteiger partial charge in [-0.05, 0) is 12.8 Å². The van der Waals surface area contributed by atoms with E-state index in [1.165, 1.54) is 0 Å². The van der Waals surface area contributed by atoms with Crippen molar-refractivity contribution in [1.82, 2.24) is 5.32 Å². The van der Waals surface area contributed by atoms with Gasteiger partial charge in [-0.1, -0.05) is 40.0 Å². The van der Waals surface area contributed by atoms with Gasteiger partial charge in [0.2, 0.25) is 5.91 Å². The number of amides is 1. The van der Waals surface area contributed by atoms with Crippen molar-refractivity contribution < 1.29 is 14.7 Å². The van der Waals surface area contributed by atoms with E-state index in [-0.39, 0.29) is 17.1 Å². The molecule has 0 aromatic carbocycles. The Morgan fingerprint density at radius 3 is 2.26 bits per heavy atom. The molecule has 0 saturated heterocycles. The van der Waals surface area contributed by atoms with Crippen molar-refractivity contribution in [2.75, 3.05) is 5.75 Å². The quantitative estimate of drug-likeness (QED) is 0.816. The number of carboxylic acids is 1. The van der Waals surface area contributed by atoms with Crippen molar-refractivity contribution >= 4 is 23.6 Å².